The van der Waals surface area contributed by atoms with Gasteiger partial charge in [0, 0.05) is 0 Å². The van der Waals surface area contributed by atoms with Gasteiger partial charge in [-0.25, -0.2) is 4.79 Å². The molecular weight excluding hydrogens is 238 g/mol. The zero-order valence-electron chi connectivity index (χ0n) is 9.84. The molecule has 2 amide bonds. The standard InChI is InChI=1S/C12H13NO5/c1-2-17-12(16)13-11(15)8-18-10-6-4-3-5-9(10)7-14/h3-7H,2,8H2,1H3,(H,13,15,16). The molecule has 0 aromatic heterocycles. The molecule has 0 saturated carbocycles. The Morgan fingerprint density at radius 3 is 2.72 bits per heavy atom. The monoisotopic (exact) mass is 251 g/mol. The molecule has 0 radical (unpaired) electrons. The van der Waals surface area contributed by atoms with Crippen LogP contribution in [-0.2, 0) is 9.53 Å². The molecule has 6 heteroatoms. The zero-order chi connectivity index (χ0) is 13.4. The molecule has 18 heavy (non-hydrogen) atoms. The number of rotatable bonds is 5. The Bertz CT molecular complexity index is 444. The molecule has 1 aromatic rings. The van der Waals surface area contributed by atoms with Crippen LogP contribution in [0.2, 0.25) is 0 Å². The number of benzene rings is 1. The first-order valence-electron chi connectivity index (χ1n) is 5.31. The highest BCUT2D eigenvalue weighted by molar-refractivity contribution is 5.92. The number of carbonyl (C=O) groups excluding carboxylic acids is 3. The van der Waals surface area contributed by atoms with Crippen LogP contribution in [0.4, 0.5) is 4.79 Å². The van der Waals surface area contributed by atoms with E-state index in [0.29, 0.717) is 11.8 Å². The summed E-state index contributed by atoms with van der Waals surface area (Å²) in [6.07, 6.45) is -0.201. The fourth-order valence-electron chi connectivity index (χ4n) is 1.17. The summed E-state index contributed by atoms with van der Waals surface area (Å²) in [5, 5.41) is 1.98. The molecule has 96 valence electrons. The predicted molar refractivity (Wildman–Crippen MR) is 62.5 cm³/mol. The predicted octanol–water partition coefficient (Wildman–Crippen LogP) is 1.15. The van der Waals surface area contributed by atoms with E-state index in [1.807, 2.05) is 5.32 Å². The van der Waals surface area contributed by atoms with E-state index in [1.54, 1.807) is 31.2 Å². The van der Waals surface area contributed by atoms with Crippen LogP contribution in [-0.4, -0.2) is 31.5 Å². The molecule has 0 spiro atoms. The third-order valence-electron chi connectivity index (χ3n) is 1.92. The van der Waals surface area contributed by atoms with Gasteiger partial charge in [-0.15, -0.1) is 0 Å². The van der Waals surface area contributed by atoms with Gasteiger partial charge in [0.05, 0.1) is 12.2 Å². The lowest BCUT2D eigenvalue weighted by Gasteiger charge is -2.08. The summed E-state index contributed by atoms with van der Waals surface area (Å²) in [6, 6.07) is 6.47. The number of alkyl carbamates (subject to hydrolysis) is 1. The maximum Gasteiger partial charge on any atom is 0.413 e. The first kappa shape index (κ1) is 13.7. The quantitative estimate of drug-likeness (QED) is 0.794. The summed E-state index contributed by atoms with van der Waals surface area (Å²) in [4.78, 5) is 32.9. The van der Waals surface area contributed by atoms with Gasteiger partial charge in [0.2, 0.25) is 0 Å². The van der Waals surface area contributed by atoms with Crippen LogP contribution < -0.4 is 10.1 Å². The summed E-state index contributed by atoms with van der Waals surface area (Å²) in [5.41, 5.74) is 0.335. The number of imide groups is 1. The largest absolute Gasteiger partial charge is 0.483 e. The Labute approximate surface area is 104 Å². The van der Waals surface area contributed by atoms with Crippen molar-refractivity contribution in [1.82, 2.24) is 5.32 Å². The molecule has 0 saturated heterocycles. The van der Waals surface area contributed by atoms with E-state index in [1.165, 1.54) is 0 Å². The second-order valence-electron chi connectivity index (χ2n) is 3.21. The molecular formula is C12H13NO5. The third kappa shape index (κ3) is 4.25. The van der Waals surface area contributed by atoms with Crippen LogP contribution in [0.25, 0.3) is 0 Å². The van der Waals surface area contributed by atoms with Gasteiger partial charge in [0.15, 0.2) is 12.9 Å². The summed E-state index contributed by atoms with van der Waals surface area (Å²) >= 11 is 0. The topological polar surface area (TPSA) is 81.7 Å². The van der Waals surface area contributed by atoms with Crippen molar-refractivity contribution >= 4 is 18.3 Å². The lowest BCUT2D eigenvalue weighted by molar-refractivity contribution is -0.122. The number of hydrogen-bond acceptors (Lipinski definition) is 5. The van der Waals surface area contributed by atoms with Crippen LogP contribution in [0.1, 0.15) is 17.3 Å². The molecule has 0 aliphatic heterocycles. The van der Waals surface area contributed by atoms with E-state index in [-0.39, 0.29) is 19.0 Å². The van der Waals surface area contributed by atoms with E-state index in [2.05, 4.69) is 4.74 Å². The molecule has 0 unspecified atom stereocenters. The van der Waals surface area contributed by atoms with Crippen LogP contribution in [0, 0.1) is 0 Å². The Kier molecular flexibility index (Phi) is 5.37. The highest BCUT2D eigenvalue weighted by Gasteiger charge is 2.10. The molecule has 0 aliphatic carbocycles. The number of aldehydes is 1. The normalized spacial score (nSPS) is 9.39. The van der Waals surface area contributed by atoms with Gasteiger partial charge in [-0.2, -0.15) is 0 Å². The van der Waals surface area contributed by atoms with Crippen molar-refractivity contribution in [3.05, 3.63) is 29.8 Å². The number of para-hydroxylation sites is 1. The zero-order valence-corrected chi connectivity index (χ0v) is 9.84. The Hall–Kier alpha value is -2.37. The van der Waals surface area contributed by atoms with Gasteiger partial charge in [0.25, 0.3) is 5.91 Å². The Balaban J connectivity index is 2.47. The van der Waals surface area contributed by atoms with Crippen molar-refractivity contribution in [2.45, 2.75) is 6.92 Å². The van der Waals surface area contributed by atoms with Gasteiger partial charge < -0.3 is 9.47 Å². The summed E-state index contributed by atoms with van der Waals surface area (Å²) in [5.74, 6) is -0.360. The highest BCUT2D eigenvalue weighted by atomic mass is 16.5. The van der Waals surface area contributed by atoms with Crippen molar-refractivity contribution in [2.24, 2.45) is 0 Å². The van der Waals surface area contributed by atoms with Gasteiger partial charge in [-0.05, 0) is 19.1 Å². The van der Waals surface area contributed by atoms with Crippen molar-refractivity contribution in [3.63, 3.8) is 0 Å². The fraction of sp³-hybridized carbons (Fsp3) is 0.250. The van der Waals surface area contributed by atoms with Crippen molar-refractivity contribution < 1.29 is 23.9 Å². The van der Waals surface area contributed by atoms with E-state index >= 15 is 0 Å². The minimum absolute atomic E-state index is 0.175. The molecule has 1 N–H and O–H groups in total. The van der Waals surface area contributed by atoms with Gasteiger partial charge in [0.1, 0.15) is 5.75 Å². The molecule has 0 fully saturated rings. The minimum Gasteiger partial charge on any atom is -0.483 e. The molecule has 0 atom stereocenters. The fourth-order valence-corrected chi connectivity index (χ4v) is 1.17. The first-order valence-corrected chi connectivity index (χ1v) is 5.31. The van der Waals surface area contributed by atoms with Crippen molar-refractivity contribution in [3.8, 4) is 5.75 Å². The number of hydrogen-bond donors (Lipinski definition) is 1. The first-order chi connectivity index (χ1) is 8.67. The number of carbonyl (C=O) groups is 3. The van der Waals surface area contributed by atoms with Gasteiger partial charge in [-0.3, -0.25) is 14.9 Å². The maximum absolute atomic E-state index is 11.3. The molecule has 1 rings (SSSR count). The maximum atomic E-state index is 11.3. The number of nitrogens with one attached hydrogen (secondary N) is 1. The van der Waals surface area contributed by atoms with Crippen LogP contribution in [0.3, 0.4) is 0 Å². The second-order valence-corrected chi connectivity index (χ2v) is 3.21. The van der Waals surface area contributed by atoms with Crippen molar-refractivity contribution in [2.75, 3.05) is 13.2 Å². The SMILES string of the molecule is CCOC(=O)NC(=O)COc1ccccc1C=O. The highest BCUT2D eigenvalue weighted by Crippen LogP contribution is 2.15. The average Bonchev–Trinajstić information content (AvgIpc) is 2.37. The molecule has 0 aliphatic rings. The molecule has 1 aromatic carbocycles. The van der Waals surface area contributed by atoms with Crippen molar-refractivity contribution in [1.29, 1.82) is 0 Å². The van der Waals surface area contributed by atoms with Crippen LogP contribution in [0.15, 0.2) is 24.3 Å². The van der Waals surface area contributed by atoms with Gasteiger partial charge >= 0.3 is 6.09 Å². The number of amides is 2. The summed E-state index contributed by atoms with van der Waals surface area (Å²) in [7, 11) is 0. The van der Waals surface area contributed by atoms with E-state index in [9.17, 15) is 14.4 Å². The Morgan fingerprint density at radius 1 is 1.33 bits per heavy atom. The average molecular weight is 251 g/mol. The summed E-state index contributed by atoms with van der Waals surface area (Å²) < 4.78 is 9.64. The second kappa shape index (κ2) is 7.05. The molecule has 0 heterocycles. The lowest BCUT2D eigenvalue weighted by atomic mass is 10.2. The molecule has 6 nitrogen and oxygen atoms in total. The third-order valence-corrected chi connectivity index (χ3v) is 1.92. The van der Waals surface area contributed by atoms with Crippen LogP contribution in [0.5, 0.6) is 5.75 Å². The van der Waals surface area contributed by atoms with E-state index in [4.69, 9.17) is 4.74 Å². The van der Waals surface area contributed by atoms with E-state index in [0.717, 1.165) is 0 Å². The molecule has 0 bridgehead atoms. The van der Waals surface area contributed by atoms with Crippen LogP contribution >= 0.6 is 0 Å². The summed E-state index contributed by atoms with van der Waals surface area (Å²) in [6.45, 7) is 1.43. The smallest absolute Gasteiger partial charge is 0.413 e. The van der Waals surface area contributed by atoms with Gasteiger partial charge in [-0.1, -0.05) is 12.1 Å². The number of ether oxygens (including phenoxy) is 2. The lowest BCUT2D eigenvalue weighted by Crippen LogP contribution is -2.34. The van der Waals surface area contributed by atoms with E-state index < -0.39 is 12.0 Å². The Morgan fingerprint density at radius 2 is 2.06 bits per heavy atom. The minimum atomic E-state index is -0.824.